The standard InChI is InChI=1S/C21H24N8O3/c1-27-19-14(10-24-27)20(23-12-22-19)29-6-4-28(5-7-29)11-18-25-15-9-17(32-3)16(31-2)8-13(15)21(30)26-18/h8-10,12H,4-7,11H2,1-3H3,(H,25,26,30). The third-order valence-electron chi connectivity index (χ3n) is 5.81. The molecule has 0 radical (unpaired) electrons. The highest BCUT2D eigenvalue weighted by molar-refractivity contribution is 5.86. The molecule has 0 amide bonds. The monoisotopic (exact) mass is 436 g/mol. The van der Waals surface area contributed by atoms with Crippen LogP contribution in [-0.2, 0) is 13.6 Å². The van der Waals surface area contributed by atoms with Gasteiger partial charge in [-0.3, -0.25) is 14.4 Å². The maximum atomic E-state index is 12.6. The minimum atomic E-state index is -0.190. The normalized spacial score (nSPS) is 14.9. The fourth-order valence-electron chi connectivity index (χ4n) is 4.12. The summed E-state index contributed by atoms with van der Waals surface area (Å²) in [6, 6.07) is 3.39. The van der Waals surface area contributed by atoms with Crippen molar-refractivity contribution in [1.82, 2.24) is 34.6 Å². The largest absolute Gasteiger partial charge is 0.493 e. The predicted molar refractivity (Wildman–Crippen MR) is 119 cm³/mol. The molecule has 166 valence electrons. The van der Waals surface area contributed by atoms with Crippen molar-refractivity contribution in [3.63, 3.8) is 0 Å². The molecule has 1 aromatic carbocycles. The topological polar surface area (TPSA) is 114 Å². The van der Waals surface area contributed by atoms with Gasteiger partial charge < -0.3 is 19.4 Å². The quantitative estimate of drug-likeness (QED) is 0.488. The molecular weight excluding hydrogens is 412 g/mol. The number of anilines is 1. The molecule has 3 aromatic heterocycles. The first-order valence-electron chi connectivity index (χ1n) is 10.3. The number of piperazine rings is 1. The number of hydrogen-bond donors (Lipinski definition) is 1. The molecule has 0 saturated carbocycles. The zero-order chi connectivity index (χ0) is 22.2. The maximum Gasteiger partial charge on any atom is 0.258 e. The molecule has 0 unspecified atom stereocenters. The van der Waals surface area contributed by atoms with E-state index in [1.165, 1.54) is 0 Å². The number of fused-ring (bicyclic) bond motifs is 2. The van der Waals surface area contributed by atoms with Crippen molar-refractivity contribution >= 4 is 27.8 Å². The lowest BCUT2D eigenvalue weighted by Crippen LogP contribution is -2.46. The number of H-pyrrole nitrogens is 1. The highest BCUT2D eigenvalue weighted by Gasteiger charge is 2.22. The first kappa shape index (κ1) is 20.2. The van der Waals surface area contributed by atoms with Gasteiger partial charge in [-0.15, -0.1) is 0 Å². The SMILES string of the molecule is COc1cc2nc(CN3CCN(c4ncnc5c4cnn5C)CC3)[nH]c(=O)c2cc1OC. The van der Waals surface area contributed by atoms with Gasteiger partial charge in [-0.1, -0.05) is 0 Å². The van der Waals surface area contributed by atoms with E-state index in [0.717, 1.165) is 43.0 Å². The Labute approximate surface area is 183 Å². The summed E-state index contributed by atoms with van der Waals surface area (Å²) >= 11 is 0. The summed E-state index contributed by atoms with van der Waals surface area (Å²) in [6.45, 7) is 3.81. The molecule has 11 nitrogen and oxygen atoms in total. The molecule has 32 heavy (non-hydrogen) atoms. The summed E-state index contributed by atoms with van der Waals surface area (Å²) in [5, 5.41) is 5.72. The Morgan fingerprint density at radius 1 is 1.03 bits per heavy atom. The Hall–Kier alpha value is -3.73. The van der Waals surface area contributed by atoms with Gasteiger partial charge in [0, 0.05) is 39.3 Å². The van der Waals surface area contributed by atoms with E-state index in [4.69, 9.17) is 9.47 Å². The fourth-order valence-corrected chi connectivity index (χ4v) is 4.12. The summed E-state index contributed by atoms with van der Waals surface area (Å²) < 4.78 is 12.4. The molecule has 0 bridgehead atoms. The summed E-state index contributed by atoms with van der Waals surface area (Å²) in [7, 11) is 4.98. The highest BCUT2D eigenvalue weighted by Crippen LogP contribution is 2.30. The van der Waals surface area contributed by atoms with E-state index in [9.17, 15) is 4.79 Å². The Kier molecular flexibility index (Phi) is 5.10. The number of methoxy groups -OCH3 is 2. The third-order valence-corrected chi connectivity index (χ3v) is 5.81. The van der Waals surface area contributed by atoms with E-state index in [2.05, 4.69) is 34.8 Å². The van der Waals surface area contributed by atoms with Crippen LogP contribution in [0.5, 0.6) is 11.5 Å². The molecule has 5 rings (SSSR count). The lowest BCUT2D eigenvalue weighted by Gasteiger charge is -2.35. The molecule has 0 atom stereocenters. The Bertz CT molecular complexity index is 1340. The number of aryl methyl sites for hydroxylation is 1. The van der Waals surface area contributed by atoms with E-state index in [-0.39, 0.29) is 5.56 Å². The average molecular weight is 436 g/mol. The van der Waals surface area contributed by atoms with Gasteiger partial charge in [0.05, 0.1) is 43.3 Å². The Balaban J connectivity index is 1.33. The fraction of sp³-hybridized carbons (Fsp3) is 0.381. The van der Waals surface area contributed by atoms with Crippen LogP contribution in [0.3, 0.4) is 0 Å². The summed E-state index contributed by atoms with van der Waals surface area (Å²) in [5.74, 6) is 2.58. The Morgan fingerprint density at radius 3 is 2.53 bits per heavy atom. The van der Waals surface area contributed by atoms with E-state index in [1.54, 1.807) is 37.4 Å². The number of aromatic amines is 1. The van der Waals surface area contributed by atoms with Crippen LogP contribution in [0.1, 0.15) is 5.82 Å². The number of nitrogens with zero attached hydrogens (tertiary/aromatic N) is 7. The van der Waals surface area contributed by atoms with Gasteiger partial charge in [-0.2, -0.15) is 5.10 Å². The lowest BCUT2D eigenvalue weighted by atomic mass is 10.2. The van der Waals surface area contributed by atoms with Crippen molar-refractivity contribution in [2.75, 3.05) is 45.3 Å². The molecule has 0 spiro atoms. The molecule has 1 saturated heterocycles. The van der Waals surface area contributed by atoms with Crippen molar-refractivity contribution in [2.24, 2.45) is 7.05 Å². The molecule has 11 heteroatoms. The van der Waals surface area contributed by atoms with Crippen molar-refractivity contribution in [1.29, 1.82) is 0 Å². The Morgan fingerprint density at radius 2 is 1.78 bits per heavy atom. The number of aromatic nitrogens is 6. The van der Waals surface area contributed by atoms with Crippen molar-refractivity contribution in [3.05, 3.63) is 40.8 Å². The maximum absolute atomic E-state index is 12.6. The van der Waals surface area contributed by atoms with Gasteiger partial charge in [0.25, 0.3) is 5.56 Å². The summed E-state index contributed by atoms with van der Waals surface area (Å²) in [5.41, 5.74) is 1.21. The van der Waals surface area contributed by atoms with Crippen LogP contribution in [0, 0.1) is 0 Å². The zero-order valence-electron chi connectivity index (χ0n) is 18.2. The second-order valence-electron chi connectivity index (χ2n) is 7.70. The molecule has 1 aliphatic rings. The number of nitrogens with one attached hydrogen (secondary N) is 1. The van der Waals surface area contributed by atoms with E-state index >= 15 is 0 Å². The second kappa shape index (κ2) is 8.08. The summed E-state index contributed by atoms with van der Waals surface area (Å²) in [4.78, 5) is 33.5. The van der Waals surface area contributed by atoms with E-state index < -0.39 is 0 Å². The van der Waals surface area contributed by atoms with Crippen molar-refractivity contribution in [3.8, 4) is 11.5 Å². The number of benzene rings is 1. The van der Waals surface area contributed by atoms with Gasteiger partial charge in [-0.05, 0) is 6.07 Å². The van der Waals surface area contributed by atoms with Crippen LogP contribution in [0.2, 0.25) is 0 Å². The van der Waals surface area contributed by atoms with E-state index in [0.29, 0.717) is 34.8 Å². The molecule has 0 aliphatic carbocycles. The number of ether oxygens (including phenoxy) is 2. The van der Waals surface area contributed by atoms with Crippen molar-refractivity contribution in [2.45, 2.75) is 6.54 Å². The van der Waals surface area contributed by atoms with Gasteiger partial charge in [0.15, 0.2) is 17.1 Å². The zero-order valence-corrected chi connectivity index (χ0v) is 18.2. The minimum absolute atomic E-state index is 0.190. The molecule has 1 fully saturated rings. The summed E-state index contributed by atoms with van der Waals surface area (Å²) in [6.07, 6.45) is 3.39. The van der Waals surface area contributed by atoms with Gasteiger partial charge in [0.2, 0.25) is 0 Å². The first-order chi connectivity index (χ1) is 15.6. The van der Waals surface area contributed by atoms with Crippen LogP contribution < -0.4 is 19.9 Å². The third kappa shape index (κ3) is 3.50. The van der Waals surface area contributed by atoms with E-state index in [1.807, 2.05) is 13.2 Å². The number of rotatable bonds is 5. The number of hydrogen-bond acceptors (Lipinski definition) is 9. The van der Waals surface area contributed by atoms with Crippen LogP contribution in [0.15, 0.2) is 29.5 Å². The van der Waals surface area contributed by atoms with Crippen LogP contribution in [0.25, 0.3) is 21.9 Å². The molecule has 4 aromatic rings. The van der Waals surface area contributed by atoms with Crippen LogP contribution >= 0.6 is 0 Å². The predicted octanol–water partition coefficient (Wildman–Crippen LogP) is 0.939. The van der Waals surface area contributed by atoms with Gasteiger partial charge in [0.1, 0.15) is 18.0 Å². The molecular formula is C21H24N8O3. The molecule has 1 aliphatic heterocycles. The highest BCUT2D eigenvalue weighted by atomic mass is 16.5. The molecule has 4 heterocycles. The second-order valence-corrected chi connectivity index (χ2v) is 7.70. The first-order valence-corrected chi connectivity index (χ1v) is 10.3. The van der Waals surface area contributed by atoms with Gasteiger partial charge in [-0.25, -0.2) is 15.0 Å². The average Bonchev–Trinajstić information content (AvgIpc) is 3.20. The molecule has 1 N–H and O–H groups in total. The minimum Gasteiger partial charge on any atom is -0.493 e. The van der Waals surface area contributed by atoms with Crippen LogP contribution in [0.4, 0.5) is 5.82 Å². The lowest BCUT2D eigenvalue weighted by molar-refractivity contribution is 0.244. The smallest absolute Gasteiger partial charge is 0.258 e. The van der Waals surface area contributed by atoms with Crippen molar-refractivity contribution < 1.29 is 9.47 Å². The van der Waals surface area contributed by atoms with Crippen LogP contribution in [-0.4, -0.2) is 75.0 Å². The van der Waals surface area contributed by atoms with Gasteiger partial charge >= 0.3 is 0 Å².